The predicted molar refractivity (Wildman–Crippen MR) is 64.3 cm³/mol. The lowest BCUT2D eigenvalue weighted by molar-refractivity contribution is 0.0959. The summed E-state index contributed by atoms with van der Waals surface area (Å²) < 4.78 is 0. The minimum absolute atomic E-state index is 0.0928. The summed E-state index contributed by atoms with van der Waals surface area (Å²) in [5.41, 5.74) is 1.80. The van der Waals surface area contributed by atoms with Crippen LogP contribution in [0.5, 0.6) is 0 Å². The van der Waals surface area contributed by atoms with Gasteiger partial charge in [-0.05, 0) is 19.1 Å². The third-order valence-corrected chi connectivity index (χ3v) is 2.32. The van der Waals surface area contributed by atoms with Crippen LogP contribution in [-0.4, -0.2) is 31.0 Å². The second-order valence-corrected chi connectivity index (χ2v) is 3.62. The molecule has 4 heteroatoms. The number of aliphatic imine (C=N–C) groups is 2. The summed E-state index contributed by atoms with van der Waals surface area (Å²) in [6, 6.07) is 7.45. The molecule has 0 fully saturated rings. The number of rotatable bonds is 3. The molecule has 0 spiro atoms. The van der Waals surface area contributed by atoms with Crippen LogP contribution in [0.2, 0.25) is 0 Å². The third kappa shape index (κ3) is 2.53. The fraction of sp³-hybridized carbons (Fsp3) is 0.250. The van der Waals surface area contributed by atoms with E-state index >= 15 is 0 Å². The fourth-order valence-corrected chi connectivity index (χ4v) is 1.40. The maximum atomic E-state index is 11.7. The molecule has 1 heterocycles. The highest BCUT2D eigenvalue weighted by atomic mass is 16.1. The average Bonchev–Trinajstić information content (AvgIpc) is 2.80. The first-order chi connectivity index (χ1) is 7.75. The van der Waals surface area contributed by atoms with Crippen molar-refractivity contribution in [2.24, 2.45) is 9.98 Å². The van der Waals surface area contributed by atoms with Gasteiger partial charge in [0, 0.05) is 11.8 Å². The van der Waals surface area contributed by atoms with Gasteiger partial charge in [-0.3, -0.25) is 9.79 Å². The Balaban J connectivity index is 1.92. The number of nitrogens with one attached hydrogen (secondary N) is 1. The summed E-state index contributed by atoms with van der Waals surface area (Å²) in [5, 5.41) is 2.78. The van der Waals surface area contributed by atoms with E-state index in [1.165, 1.54) is 0 Å². The van der Waals surface area contributed by atoms with Gasteiger partial charge in [0.15, 0.2) is 0 Å². The molecule has 4 nitrogen and oxygen atoms in total. The molecular weight excluding hydrogens is 202 g/mol. The number of nitrogens with zero attached hydrogens (tertiary/aromatic N) is 2. The first-order valence-corrected chi connectivity index (χ1v) is 5.16. The average molecular weight is 215 g/mol. The quantitative estimate of drug-likeness (QED) is 0.809. The van der Waals surface area contributed by atoms with E-state index in [9.17, 15) is 4.79 Å². The van der Waals surface area contributed by atoms with Crippen LogP contribution < -0.4 is 5.32 Å². The predicted octanol–water partition coefficient (Wildman–Crippen LogP) is 1.21. The summed E-state index contributed by atoms with van der Waals surface area (Å²) in [6.45, 7) is 3.00. The van der Waals surface area contributed by atoms with Crippen molar-refractivity contribution < 1.29 is 4.79 Å². The lowest BCUT2D eigenvalue weighted by atomic mass is 10.1. The van der Waals surface area contributed by atoms with E-state index in [2.05, 4.69) is 15.3 Å². The normalized spacial score (nSPS) is 13.7. The van der Waals surface area contributed by atoms with Gasteiger partial charge in [0.2, 0.25) is 0 Å². The molecule has 0 aliphatic carbocycles. The Hall–Kier alpha value is -1.97. The Kier molecular flexibility index (Phi) is 3.10. The molecule has 1 aliphatic heterocycles. The van der Waals surface area contributed by atoms with Gasteiger partial charge in [-0.25, -0.2) is 4.99 Å². The minimum Gasteiger partial charge on any atom is -0.345 e. The number of benzene rings is 1. The number of carbonyl (C=O) groups is 1. The Labute approximate surface area is 94.1 Å². The molecule has 1 N–H and O–H groups in total. The van der Waals surface area contributed by atoms with Crippen molar-refractivity contribution in [3.63, 3.8) is 0 Å². The summed E-state index contributed by atoms with van der Waals surface area (Å²) in [4.78, 5) is 19.8. The van der Waals surface area contributed by atoms with Crippen LogP contribution in [0.25, 0.3) is 0 Å². The molecule has 1 aliphatic rings. The zero-order valence-corrected chi connectivity index (χ0v) is 9.10. The molecule has 0 saturated heterocycles. The molecular formula is C12H13N3O. The van der Waals surface area contributed by atoms with Gasteiger partial charge in [0.25, 0.3) is 5.91 Å². The topological polar surface area (TPSA) is 53.8 Å². The fourth-order valence-electron chi connectivity index (χ4n) is 1.40. The number of hydrogen-bond acceptors (Lipinski definition) is 3. The molecule has 0 atom stereocenters. The molecule has 1 aromatic carbocycles. The highest BCUT2D eigenvalue weighted by Gasteiger charge is 2.06. The Morgan fingerprint density at radius 3 is 2.75 bits per heavy atom. The van der Waals surface area contributed by atoms with Crippen LogP contribution in [0.4, 0.5) is 0 Å². The van der Waals surface area contributed by atoms with Gasteiger partial charge in [0.1, 0.15) is 5.84 Å². The summed E-state index contributed by atoms with van der Waals surface area (Å²) in [6.07, 6.45) is 1.73. The SMILES string of the molecule is Cc1ccc(C(=O)NCC2=NCC=N2)cc1. The zero-order chi connectivity index (χ0) is 11.4. The maximum absolute atomic E-state index is 11.7. The molecule has 1 aromatic rings. The van der Waals surface area contributed by atoms with Crippen molar-refractivity contribution in [1.29, 1.82) is 0 Å². The first kappa shape index (κ1) is 10.5. The van der Waals surface area contributed by atoms with Crippen molar-refractivity contribution in [2.45, 2.75) is 6.92 Å². The largest absolute Gasteiger partial charge is 0.345 e. The monoisotopic (exact) mass is 215 g/mol. The smallest absolute Gasteiger partial charge is 0.251 e. The molecule has 0 unspecified atom stereocenters. The van der Waals surface area contributed by atoms with Crippen LogP contribution in [0.3, 0.4) is 0 Å². The Morgan fingerprint density at radius 1 is 1.38 bits per heavy atom. The lowest BCUT2D eigenvalue weighted by Crippen LogP contribution is -2.28. The molecule has 0 aromatic heterocycles. The van der Waals surface area contributed by atoms with Gasteiger partial charge in [0.05, 0.1) is 13.1 Å². The van der Waals surface area contributed by atoms with Crippen molar-refractivity contribution in [3.8, 4) is 0 Å². The van der Waals surface area contributed by atoms with Crippen molar-refractivity contribution in [2.75, 3.05) is 13.1 Å². The van der Waals surface area contributed by atoms with E-state index in [0.717, 1.165) is 5.56 Å². The summed E-state index contributed by atoms with van der Waals surface area (Å²) >= 11 is 0. The molecule has 0 radical (unpaired) electrons. The highest BCUT2D eigenvalue weighted by Crippen LogP contribution is 2.02. The number of carbonyl (C=O) groups excluding carboxylic acids is 1. The molecule has 1 amide bonds. The lowest BCUT2D eigenvalue weighted by Gasteiger charge is -2.03. The van der Waals surface area contributed by atoms with Crippen LogP contribution in [-0.2, 0) is 0 Å². The van der Waals surface area contributed by atoms with E-state index in [0.29, 0.717) is 24.5 Å². The molecule has 2 rings (SSSR count). The van der Waals surface area contributed by atoms with E-state index in [1.54, 1.807) is 6.21 Å². The molecule has 16 heavy (non-hydrogen) atoms. The number of amidine groups is 1. The molecule has 0 saturated carbocycles. The van der Waals surface area contributed by atoms with Crippen LogP contribution in [0.1, 0.15) is 15.9 Å². The standard InChI is InChI=1S/C12H13N3O/c1-9-2-4-10(5-3-9)12(16)15-8-11-13-6-7-14-11/h2-6H,7-8H2,1H3,(H,15,16). The van der Waals surface area contributed by atoms with Crippen LogP contribution in [0.15, 0.2) is 34.3 Å². The van der Waals surface area contributed by atoms with Crippen LogP contribution in [0, 0.1) is 6.92 Å². The second-order valence-electron chi connectivity index (χ2n) is 3.62. The van der Waals surface area contributed by atoms with Crippen molar-refractivity contribution in [1.82, 2.24) is 5.32 Å². The van der Waals surface area contributed by atoms with Crippen molar-refractivity contribution >= 4 is 18.0 Å². The first-order valence-electron chi connectivity index (χ1n) is 5.16. The highest BCUT2D eigenvalue weighted by molar-refractivity contribution is 6.00. The number of amides is 1. The molecule has 0 bridgehead atoms. The van der Waals surface area contributed by atoms with Gasteiger partial charge < -0.3 is 5.32 Å². The van der Waals surface area contributed by atoms with E-state index < -0.39 is 0 Å². The molecule has 82 valence electrons. The van der Waals surface area contributed by atoms with E-state index in [1.807, 2.05) is 31.2 Å². The van der Waals surface area contributed by atoms with Crippen molar-refractivity contribution in [3.05, 3.63) is 35.4 Å². The van der Waals surface area contributed by atoms with Gasteiger partial charge in [-0.1, -0.05) is 17.7 Å². The number of hydrogen-bond donors (Lipinski definition) is 1. The summed E-state index contributed by atoms with van der Waals surface area (Å²) in [7, 11) is 0. The Morgan fingerprint density at radius 2 is 2.12 bits per heavy atom. The minimum atomic E-state index is -0.0928. The second kappa shape index (κ2) is 4.70. The number of aryl methyl sites for hydroxylation is 1. The van der Waals surface area contributed by atoms with Crippen LogP contribution >= 0.6 is 0 Å². The third-order valence-electron chi connectivity index (χ3n) is 2.32. The van der Waals surface area contributed by atoms with Gasteiger partial charge in [-0.2, -0.15) is 0 Å². The van der Waals surface area contributed by atoms with Gasteiger partial charge in [-0.15, -0.1) is 0 Å². The zero-order valence-electron chi connectivity index (χ0n) is 9.10. The van der Waals surface area contributed by atoms with Gasteiger partial charge >= 0.3 is 0 Å². The van der Waals surface area contributed by atoms with E-state index in [-0.39, 0.29) is 5.91 Å². The summed E-state index contributed by atoms with van der Waals surface area (Å²) in [5.74, 6) is 0.588. The Bertz CT molecular complexity index is 446. The van der Waals surface area contributed by atoms with E-state index in [4.69, 9.17) is 0 Å². The maximum Gasteiger partial charge on any atom is 0.251 e.